The zero-order chi connectivity index (χ0) is 33.9. The van der Waals surface area contributed by atoms with Gasteiger partial charge < -0.3 is 47.0 Å². The van der Waals surface area contributed by atoms with Crippen molar-refractivity contribution in [2.24, 2.45) is 10.9 Å². The topological polar surface area (TPSA) is 286 Å². The van der Waals surface area contributed by atoms with Gasteiger partial charge in [0.25, 0.3) is 11.8 Å². The van der Waals surface area contributed by atoms with Gasteiger partial charge in [0.2, 0.25) is 11.5 Å². The van der Waals surface area contributed by atoms with Gasteiger partial charge in [0, 0.05) is 16.7 Å². The number of amides is 3. The van der Waals surface area contributed by atoms with Crippen molar-refractivity contribution in [1.29, 1.82) is 0 Å². The second-order valence-corrected chi connectivity index (χ2v) is 12.1. The van der Waals surface area contributed by atoms with Crippen molar-refractivity contribution in [2.45, 2.75) is 30.9 Å². The van der Waals surface area contributed by atoms with Gasteiger partial charge in [-0.15, -0.1) is 23.1 Å². The van der Waals surface area contributed by atoms with Crippen LogP contribution >= 0.6 is 23.1 Å². The van der Waals surface area contributed by atoms with Crippen molar-refractivity contribution in [3.05, 3.63) is 46.1 Å². The first-order valence-electron chi connectivity index (χ1n) is 13.1. The number of ether oxygens (including phenoxy) is 1. The summed E-state index contributed by atoms with van der Waals surface area (Å²) >= 11 is 2.07. The number of nitrogens with zero attached hydrogens (tertiary/aromatic N) is 3. The Kier molecular flexibility index (Phi) is 9.83. The number of thioether (sulfide) groups is 1. The summed E-state index contributed by atoms with van der Waals surface area (Å²) in [6.45, 7) is 1.58. The Labute approximate surface area is 267 Å². The number of β-lactam (4-membered cyclic amide) rings is 1. The molecule has 9 N–H and O–H groups in total. The summed E-state index contributed by atoms with van der Waals surface area (Å²) in [5, 5.41) is 38.4. The molecule has 0 radical (unpaired) electrons. The summed E-state index contributed by atoms with van der Waals surface area (Å²) in [4.78, 5) is 84.0. The molecule has 20 heteroatoms. The molecule has 1 aromatic carbocycles. The number of aromatic hydroxyl groups is 1. The fourth-order valence-electron chi connectivity index (χ4n) is 4.01. The molecule has 244 valence electrons. The molecule has 0 saturated carbocycles. The molecule has 3 heterocycles. The number of nitrogens with two attached hydrogens (primary N) is 2. The molecule has 4 rings (SSSR count). The van der Waals surface area contributed by atoms with Gasteiger partial charge in [0.1, 0.15) is 35.2 Å². The standard InChI is InChI=1S/C26H27N7O11S2/c1-26(2,24(41)42)44-32-16(13-9-46-25(28)30-13)19(36)31-17-20(37)33-18(22(38)39)11(8-45-21(17)33)7-43-23(40)10-3-4-12(14(34)5-10)29-15(35)6-27/h3-5,9,17,21,34H,6-8,27H2,1-2H3,(H2,28,30)(H,29,35)(H,31,36)(H,38,39)(H,41,42)/b32-16-/t17?,21-/m1/s1. The van der Waals surface area contributed by atoms with E-state index < -0.39 is 76.4 Å². The fourth-order valence-corrected chi connectivity index (χ4v) is 5.88. The molecule has 2 aromatic rings. The van der Waals surface area contributed by atoms with Gasteiger partial charge in [-0.1, -0.05) is 5.16 Å². The third kappa shape index (κ3) is 7.03. The van der Waals surface area contributed by atoms with Crippen LogP contribution in [0.4, 0.5) is 10.8 Å². The molecule has 2 aliphatic rings. The van der Waals surface area contributed by atoms with Crippen molar-refractivity contribution >= 4 is 75.3 Å². The summed E-state index contributed by atoms with van der Waals surface area (Å²) < 4.78 is 5.25. The number of carbonyl (C=O) groups is 6. The number of oxime groups is 1. The van der Waals surface area contributed by atoms with E-state index >= 15 is 0 Å². The lowest BCUT2D eigenvalue weighted by molar-refractivity contribution is -0.161. The van der Waals surface area contributed by atoms with E-state index in [2.05, 4.69) is 20.8 Å². The number of thiazole rings is 1. The number of benzene rings is 1. The van der Waals surface area contributed by atoms with Crippen LogP contribution in [0.25, 0.3) is 0 Å². The minimum atomic E-state index is -1.82. The highest BCUT2D eigenvalue weighted by atomic mass is 32.2. The average molecular weight is 678 g/mol. The number of esters is 1. The smallest absolute Gasteiger partial charge is 0.352 e. The quantitative estimate of drug-likeness (QED) is 0.0490. The molecular formula is C26H27N7O11S2. The van der Waals surface area contributed by atoms with Gasteiger partial charge in [0.05, 0.1) is 17.8 Å². The number of fused-ring (bicyclic) bond motifs is 1. The van der Waals surface area contributed by atoms with E-state index in [4.69, 9.17) is 21.0 Å². The van der Waals surface area contributed by atoms with Crippen molar-refractivity contribution in [1.82, 2.24) is 15.2 Å². The van der Waals surface area contributed by atoms with E-state index in [0.29, 0.717) is 0 Å². The van der Waals surface area contributed by atoms with Crippen molar-refractivity contribution in [3.8, 4) is 5.75 Å². The molecule has 0 bridgehead atoms. The third-order valence-electron chi connectivity index (χ3n) is 6.47. The summed E-state index contributed by atoms with van der Waals surface area (Å²) in [5.74, 6) is -6.49. The predicted molar refractivity (Wildman–Crippen MR) is 162 cm³/mol. The van der Waals surface area contributed by atoms with Crippen LogP contribution in [-0.4, -0.2) is 102 Å². The van der Waals surface area contributed by atoms with E-state index in [1.807, 2.05) is 0 Å². The number of hydrogen-bond donors (Lipinski definition) is 7. The van der Waals surface area contributed by atoms with Gasteiger partial charge >= 0.3 is 17.9 Å². The van der Waals surface area contributed by atoms with Crippen LogP contribution in [-0.2, 0) is 33.5 Å². The average Bonchev–Trinajstić information content (AvgIpc) is 3.44. The van der Waals surface area contributed by atoms with E-state index in [0.717, 1.165) is 34.1 Å². The first-order chi connectivity index (χ1) is 21.6. The molecule has 1 aromatic heterocycles. The number of phenols is 1. The fraction of sp³-hybridized carbons (Fsp3) is 0.308. The molecule has 2 aliphatic heterocycles. The molecule has 0 aliphatic carbocycles. The molecule has 1 fully saturated rings. The van der Waals surface area contributed by atoms with Crippen molar-refractivity contribution in [2.75, 3.05) is 30.0 Å². The number of aliphatic carboxylic acids is 2. The molecule has 18 nitrogen and oxygen atoms in total. The second-order valence-electron chi connectivity index (χ2n) is 10.1. The van der Waals surface area contributed by atoms with Crippen LogP contribution in [0.15, 0.2) is 40.0 Å². The molecule has 3 amide bonds. The maximum Gasteiger partial charge on any atom is 0.352 e. The van der Waals surface area contributed by atoms with Crippen LogP contribution in [0.1, 0.15) is 29.9 Å². The maximum atomic E-state index is 13.2. The number of carboxylic acids is 2. The number of nitrogen functional groups attached to an aromatic ring is 1. The Morgan fingerprint density at radius 3 is 2.52 bits per heavy atom. The highest BCUT2D eigenvalue weighted by molar-refractivity contribution is 8.00. The summed E-state index contributed by atoms with van der Waals surface area (Å²) in [6, 6.07) is 2.37. The number of phenolic OH excluding ortho intramolecular Hbond substituents is 1. The minimum Gasteiger partial charge on any atom is -0.506 e. The monoisotopic (exact) mass is 677 g/mol. The van der Waals surface area contributed by atoms with Crippen LogP contribution < -0.4 is 22.1 Å². The highest BCUT2D eigenvalue weighted by Gasteiger charge is 2.54. The Hall–Kier alpha value is -5.21. The zero-order valence-corrected chi connectivity index (χ0v) is 25.6. The lowest BCUT2D eigenvalue weighted by atomic mass is 10.0. The SMILES string of the molecule is CC(C)(O/N=C(\C(=O)NC1C(=O)N2C(C(=O)O)=C(COC(=O)c3ccc(NC(=O)CN)c(O)c3)CS[C@H]12)c1csc(N)n1)C(=O)O. The molecule has 1 saturated heterocycles. The highest BCUT2D eigenvalue weighted by Crippen LogP contribution is 2.40. The Bertz CT molecular complexity index is 1690. The number of hydrogen-bond acceptors (Lipinski definition) is 15. The first-order valence-corrected chi connectivity index (χ1v) is 15.0. The zero-order valence-electron chi connectivity index (χ0n) is 24.0. The summed E-state index contributed by atoms with van der Waals surface area (Å²) in [7, 11) is 0. The Morgan fingerprint density at radius 1 is 1.22 bits per heavy atom. The van der Waals surface area contributed by atoms with Crippen LogP contribution in [0.5, 0.6) is 5.75 Å². The van der Waals surface area contributed by atoms with Gasteiger partial charge in [-0.2, -0.15) is 0 Å². The van der Waals surface area contributed by atoms with E-state index in [-0.39, 0.29) is 39.9 Å². The van der Waals surface area contributed by atoms with Gasteiger partial charge in [-0.3, -0.25) is 19.3 Å². The largest absolute Gasteiger partial charge is 0.506 e. The van der Waals surface area contributed by atoms with Gasteiger partial charge in [-0.25, -0.2) is 19.4 Å². The first kappa shape index (κ1) is 33.7. The number of anilines is 2. The maximum absolute atomic E-state index is 13.2. The summed E-state index contributed by atoms with van der Waals surface area (Å²) in [6.07, 6.45) is 0. The number of carbonyl (C=O) groups excluding carboxylic acids is 4. The van der Waals surface area contributed by atoms with E-state index in [1.165, 1.54) is 31.4 Å². The number of carboxylic acid groups (broad SMARTS) is 2. The molecule has 1 unspecified atom stereocenters. The minimum absolute atomic E-state index is 0.00448. The van der Waals surface area contributed by atoms with Crippen LogP contribution in [0, 0.1) is 0 Å². The van der Waals surface area contributed by atoms with Crippen molar-refractivity contribution < 1.29 is 53.7 Å². The summed E-state index contributed by atoms with van der Waals surface area (Å²) in [5.41, 5.74) is 8.16. The molecule has 0 spiro atoms. The normalized spacial score (nSPS) is 17.8. The third-order valence-corrected chi connectivity index (χ3v) is 8.48. The molecule has 46 heavy (non-hydrogen) atoms. The second kappa shape index (κ2) is 13.4. The predicted octanol–water partition coefficient (Wildman–Crippen LogP) is -0.492. The van der Waals surface area contributed by atoms with Gasteiger partial charge in [-0.05, 0) is 32.0 Å². The lowest BCUT2D eigenvalue weighted by Gasteiger charge is -2.49. The van der Waals surface area contributed by atoms with Crippen molar-refractivity contribution in [3.63, 3.8) is 0 Å². The van der Waals surface area contributed by atoms with Crippen LogP contribution in [0.2, 0.25) is 0 Å². The van der Waals surface area contributed by atoms with E-state index in [9.17, 15) is 44.1 Å². The number of rotatable bonds is 12. The lowest BCUT2D eigenvalue weighted by Crippen LogP contribution is -2.71. The van der Waals surface area contributed by atoms with Gasteiger partial charge in [0.15, 0.2) is 10.8 Å². The molecular weight excluding hydrogens is 650 g/mol. The van der Waals surface area contributed by atoms with E-state index in [1.54, 1.807) is 0 Å². The number of aromatic nitrogens is 1. The van der Waals surface area contributed by atoms with Crippen LogP contribution in [0.3, 0.4) is 0 Å². The number of nitrogens with one attached hydrogen (secondary N) is 2. The Morgan fingerprint density at radius 2 is 1.93 bits per heavy atom. The molecule has 2 atom stereocenters. The Balaban J connectivity index is 1.47.